The van der Waals surface area contributed by atoms with E-state index in [1.165, 1.54) is 76.7 Å². The van der Waals surface area contributed by atoms with Gasteiger partial charge in [-0.15, -0.1) is 0 Å². The molecule has 0 unspecified atom stereocenters. The Bertz CT molecular complexity index is 3520. The van der Waals surface area contributed by atoms with Gasteiger partial charge in [-0.05, 0) is 115 Å². The number of fused-ring (bicyclic) bond motifs is 9. The van der Waals surface area contributed by atoms with Gasteiger partial charge in [0.1, 0.15) is 0 Å². The standard InChI is InChI=1S/C57H39N3/c1-57(2)50-20-9-8-18-47(50)55-46(19-11-21-51(55)57)41-25-29-54-49(35-41)48-34-39(38-15-10-16-42(32-38)56-58-31-30-52(59-56)37-13-4-3-5-14-37)24-28-53(48)60(54)43-26-27-45-40(33-43)23-22-36-12-6-7-17-44(36)45/h3-35H,1-2H3. The van der Waals surface area contributed by atoms with E-state index >= 15 is 0 Å². The first-order chi connectivity index (χ1) is 29.5. The summed E-state index contributed by atoms with van der Waals surface area (Å²) >= 11 is 0. The Labute approximate surface area is 348 Å². The van der Waals surface area contributed by atoms with Gasteiger partial charge in [0.2, 0.25) is 0 Å². The zero-order chi connectivity index (χ0) is 40.0. The molecule has 0 atom stereocenters. The molecule has 0 aliphatic heterocycles. The van der Waals surface area contributed by atoms with Crippen molar-refractivity contribution in [3.63, 3.8) is 0 Å². The number of rotatable bonds is 5. The summed E-state index contributed by atoms with van der Waals surface area (Å²) in [5, 5.41) is 7.46. The first kappa shape index (κ1) is 34.4. The lowest BCUT2D eigenvalue weighted by atomic mass is 9.82. The molecule has 11 aromatic rings. The van der Waals surface area contributed by atoms with Crippen molar-refractivity contribution in [2.45, 2.75) is 19.3 Å². The lowest BCUT2D eigenvalue weighted by Gasteiger charge is -2.21. The highest BCUT2D eigenvalue weighted by Gasteiger charge is 2.36. The Balaban J connectivity index is 1.05. The molecule has 1 aliphatic rings. The maximum atomic E-state index is 4.99. The van der Waals surface area contributed by atoms with Crippen LogP contribution in [0.15, 0.2) is 200 Å². The molecule has 3 heteroatoms. The van der Waals surface area contributed by atoms with Crippen LogP contribution in [0.25, 0.3) is 105 Å². The molecule has 1 aliphatic carbocycles. The molecular weight excluding hydrogens is 727 g/mol. The third-order valence-electron chi connectivity index (χ3n) is 12.8. The normalized spacial score (nSPS) is 13.0. The van der Waals surface area contributed by atoms with Gasteiger partial charge in [0.25, 0.3) is 0 Å². The average molecular weight is 766 g/mol. The van der Waals surface area contributed by atoms with Crippen LogP contribution < -0.4 is 0 Å². The Morgan fingerprint density at radius 3 is 1.95 bits per heavy atom. The third-order valence-corrected chi connectivity index (χ3v) is 12.8. The minimum Gasteiger partial charge on any atom is -0.309 e. The van der Waals surface area contributed by atoms with Crippen LogP contribution in [0.2, 0.25) is 0 Å². The molecule has 0 radical (unpaired) electrons. The quantitative estimate of drug-likeness (QED) is 0.163. The zero-order valence-electron chi connectivity index (χ0n) is 33.4. The van der Waals surface area contributed by atoms with Crippen LogP contribution in [0.5, 0.6) is 0 Å². The smallest absolute Gasteiger partial charge is 0.159 e. The summed E-state index contributed by atoms with van der Waals surface area (Å²) in [6, 6.07) is 70.8. The number of benzene rings is 9. The van der Waals surface area contributed by atoms with E-state index < -0.39 is 0 Å². The van der Waals surface area contributed by atoms with E-state index in [9.17, 15) is 0 Å². The molecule has 0 saturated carbocycles. The van der Waals surface area contributed by atoms with Crippen molar-refractivity contribution in [1.82, 2.24) is 14.5 Å². The monoisotopic (exact) mass is 765 g/mol. The second-order valence-electron chi connectivity index (χ2n) is 16.6. The molecule has 0 N–H and O–H groups in total. The fraction of sp³-hybridized carbons (Fsp3) is 0.0526. The second kappa shape index (κ2) is 13.2. The van der Waals surface area contributed by atoms with E-state index in [4.69, 9.17) is 9.97 Å². The maximum Gasteiger partial charge on any atom is 0.159 e. The molecule has 0 bridgehead atoms. The van der Waals surface area contributed by atoms with Crippen molar-refractivity contribution in [1.29, 1.82) is 0 Å². The molecular formula is C57H39N3. The Hall–Kier alpha value is -7.62. The highest BCUT2D eigenvalue weighted by molar-refractivity contribution is 6.13. The molecule has 60 heavy (non-hydrogen) atoms. The van der Waals surface area contributed by atoms with Gasteiger partial charge in [-0.25, -0.2) is 9.97 Å². The zero-order valence-corrected chi connectivity index (χ0v) is 33.4. The van der Waals surface area contributed by atoms with Gasteiger partial charge < -0.3 is 4.57 Å². The summed E-state index contributed by atoms with van der Waals surface area (Å²) in [6.07, 6.45) is 1.85. The van der Waals surface area contributed by atoms with E-state index in [0.29, 0.717) is 5.82 Å². The van der Waals surface area contributed by atoms with Crippen LogP contribution in [0.4, 0.5) is 0 Å². The maximum absolute atomic E-state index is 4.99. The van der Waals surface area contributed by atoms with Crippen molar-refractivity contribution in [2.24, 2.45) is 0 Å². The molecule has 2 aromatic heterocycles. The summed E-state index contributed by atoms with van der Waals surface area (Å²) in [4.78, 5) is 9.69. The minimum atomic E-state index is -0.0686. The molecule has 0 saturated heterocycles. The van der Waals surface area contributed by atoms with Gasteiger partial charge in [-0.1, -0.05) is 159 Å². The van der Waals surface area contributed by atoms with Gasteiger partial charge in [-0.3, -0.25) is 0 Å². The fourth-order valence-electron chi connectivity index (χ4n) is 9.89. The van der Waals surface area contributed by atoms with Crippen molar-refractivity contribution in [3.8, 4) is 61.7 Å². The lowest BCUT2D eigenvalue weighted by Crippen LogP contribution is -2.14. The molecule has 2 heterocycles. The summed E-state index contributed by atoms with van der Waals surface area (Å²) in [6.45, 7) is 4.71. The molecule has 0 fully saturated rings. The largest absolute Gasteiger partial charge is 0.309 e. The lowest BCUT2D eigenvalue weighted by molar-refractivity contribution is 0.660. The van der Waals surface area contributed by atoms with Crippen LogP contribution in [0.1, 0.15) is 25.0 Å². The van der Waals surface area contributed by atoms with Crippen molar-refractivity contribution >= 4 is 43.4 Å². The number of nitrogens with zero attached hydrogens (tertiary/aromatic N) is 3. The van der Waals surface area contributed by atoms with E-state index in [1.54, 1.807) is 0 Å². The van der Waals surface area contributed by atoms with Gasteiger partial charge in [0.15, 0.2) is 5.82 Å². The summed E-state index contributed by atoms with van der Waals surface area (Å²) in [5.41, 5.74) is 16.6. The first-order valence-electron chi connectivity index (χ1n) is 20.7. The Kier molecular flexibility index (Phi) is 7.58. The average Bonchev–Trinajstić information content (AvgIpc) is 3.76. The molecule has 9 aromatic carbocycles. The summed E-state index contributed by atoms with van der Waals surface area (Å²) in [7, 11) is 0. The number of aromatic nitrogens is 3. The summed E-state index contributed by atoms with van der Waals surface area (Å²) in [5.74, 6) is 0.713. The number of hydrogen-bond acceptors (Lipinski definition) is 2. The Morgan fingerprint density at radius 2 is 1.07 bits per heavy atom. The SMILES string of the molecule is CC1(C)c2ccccc2-c2c(-c3ccc4c(c3)c3cc(-c5cccc(-c6nccc(-c7ccccc7)n6)c5)ccc3n4-c3ccc4c(ccc5ccccc54)c3)cccc21. The van der Waals surface area contributed by atoms with Crippen LogP contribution in [-0.4, -0.2) is 14.5 Å². The minimum absolute atomic E-state index is 0.0686. The highest BCUT2D eigenvalue weighted by atomic mass is 15.0. The van der Waals surface area contributed by atoms with Crippen molar-refractivity contribution < 1.29 is 0 Å². The number of hydrogen-bond donors (Lipinski definition) is 0. The van der Waals surface area contributed by atoms with Gasteiger partial charge in [-0.2, -0.15) is 0 Å². The Morgan fingerprint density at radius 1 is 0.417 bits per heavy atom. The van der Waals surface area contributed by atoms with Gasteiger partial charge in [0, 0.05) is 39.2 Å². The third kappa shape index (κ3) is 5.29. The van der Waals surface area contributed by atoms with E-state index in [0.717, 1.165) is 33.6 Å². The first-order valence-corrected chi connectivity index (χ1v) is 20.7. The van der Waals surface area contributed by atoms with Gasteiger partial charge >= 0.3 is 0 Å². The van der Waals surface area contributed by atoms with Crippen LogP contribution >= 0.6 is 0 Å². The molecule has 12 rings (SSSR count). The molecule has 282 valence electrons. The van der Waals surface area contributed by atoms with E-state index in [1.807, 2.05) is 30.5 Å². The van der Waals surface area contributed by atoms with Gasteiger partial charge in [0.05, 0.1) is 16.7 Å². The van der Waals surface area contributed by atoms with Crippen molar-refractivity contribution in [3.05, 3.63) is 211 Å². The predicted molar refractivity (Wildman–Crippen MR) is 251 cm³/mol. The topological polar surface area (TPSA) is 30.7 Å². The molecule has 3 nitrogen and oxygen atoms in total. The molecule has 0 amide bonds. The van der Waals surface area contributed by atoms with Crippen LogP contribution in [0, 0.1) is 0 Å². The van der Waals surface area contributed by atoms with E-state index in [-0.39, 0.29) is 5.41 Å². The highest BCUT2D eigenvalue weighted by Crippen LogP contribution is 2.52. The second-order valence-corrected chi connectivity index (χ2v) is 16.6. The fourth-order valence-corrected chi connectivity index (χ4v) is 9.89. The predicted octanol–water partition coefficient (Wildman–Crippen LogP) is 14.9. The van der Waals surface area contributed by atoms with Crippen LogP contribution in [-0.2, 0) is 5.41 Å². The van der Waals surface area contributed by atoms with Crippen LogP contribution in [0.3, 0.4) is 0 Å². The van der Waals surface area contributed by atoms with Crippen molar-refractivity contribution in [2.75, 3.05) is 0 Å². The van der Waals surface area contributed by atoms with E-state index in [2.05, 4.69) is 188 Å². The molecule has 0 spiro atoms. The summed E-state index contributed by atoms with van der Waals surface area (Å²) < 4.78 is 2.44.